The number of nitrogens with zero attached hydrogens (tertiary/aromatic N) is 3. The highest BCUT2D eigenvalue weighted by atomic mass is 79.9. The van der Waals surface area contributed by atoms with Gasteiger partial charge in [-0.3, -0.25) is 9.78 Å². The summed E-state index contributed by atoms with van der Waals surface area (Å²) in [6, 6.07) is 14.4. The fraction of sp³-hybridized carbons (Fsp3) is 0.172. The highest BCUT2D eigenvalue weighted by Gasteiger charge is 2.25. The summed E-state index contributed by atoms with van der Waals surface area (Å²) in [4.78, 5) is 35.7. The minimum Gasteiger partial charge on any atom is -0.489 e. The highest BCUT2D eigenvalue weighted by Crippen LogP contribution is 2.30. The van der Waals surface area contributed by atoms with Crippen molar-refractivity contribution in [1.29, 1.82) is 0 Å². The largest absolute Gasteiger partial charge is 0.489 e. The van der Waals surface area contributed by atoms with Crippen molar-refractivity contribution in [2.75, 3.05) is 29.9 Å². The minimum absolute atomic E-state index is 0.165. The van der Waals surface area contributed by atoms with Crippen LogP contribution in [0.3, 0.4) is 0 Å². The smallest absolute Gasteiger partial charge is 0.363 e. The van der Waals surface area contributed by atoms with E-state index in [2.05, 4.69) is 56.5 Å². The van der Waals surface area contributed by atoms with Gasteiger partial charge >= 0.3 is 5.97 Å². The fourth-order valence-electron chi connectivity index (χ4n) is 3.82. The molecule has 9 heteroatoms. The minimum atomic E-state index is -0.554. The predicted octanol–water partition coefficient (Wildman–Crippen LogP) is 5.85. The Morgan fingerprint density at radius 1 is 1.13 bits per heavy atom. The van der Waals surface area contributed by atoms with E-state index in [9.17, 15) is 9.59 Å². The molecule has 38 heavy (non-hydrogen) atoms. The molecular weight excluding hydrogens is 548 g/mol. The van der Waals surface area contributed by atoms with Gasteiger partial charge in [0, 0.05) is 58.5 Å². The molecule has 0 saturated carbocycles. The van der Waals surface area contributed by atoms with Crippen molar-refractivity contribution >= 4 is 51.2 Å². The lowest BCUT2D eigenvalue weighted by Crippen LogP contribution is -2.21. The molecule has 0 atom stereocenters. The maximum absolute atomic E-state index is 12.6. The number of halogens is 1. The molecule has 2 aromatic carbocycles. The van der Waals surface area contributed by atoms with E-state index >= 15 is 0 Å². The van der Waals surface area contributed by atoms with E-state index in [1.165, 1.54) is 6.20 Å². The highest BCUT2D eigenvalue weighted by molar-refractivity contribution is 9.10. The van der Waals surface area contributed by atoms with Gasteiger partial charge in [0.15, 0.2) is 5.70 Å². The molecule has 2 heterocycles. The molecule has 0 bridgehead atoms. The lowest BCUT2D eigenvalue weighted by atomic mass is 10.1. The third kappa shape index (κ3) is 6.36. The number of ether oxygens (including phenoxy) is 2. The van der Waals surface area contributed by atoms with Crippen LogP contribution in [0.1, 0.15) is 35.3 Å². The molecule has 1 N–H and O–H groups in total. The third-order valence-corrected chi connectivity index (χ3v) is 6.19. The number of anilines is 2. The first kappa shape index (κ1) is 26.8. The molecule has 0 radical (unpaired) electrons. The van der Waals surface area contributed by atoms with Crippen molar-refractivity contribution < 1.29 is 19.1 Å². The number of aliphatic imine (C=N–C) groups is 1. The van der Waals surface area contributed by atoms with Crippen LogP contribution in [0.5, 0.6) is 5.75 Å². The standard InChI is InChI=1S/C29H27BrN4O4/c1-4-13-37-26-16-24(34(5-2)6-3)12-9-20(26)15-25-29(36)38-28(33-25)19-7-10-23(11-8-19)32-27(35)21-14-22(30)18-31-17-21/h4,7-12,14-18H,1,5-6,13H2,2-3H3,(H,32,35). The lowest BCUT2D eigenvalue weighted by Gasteiger charge is -2.22. The summed E-state index contributed by atoms with van der Waals surface area (Å²) in [5, 5.41) is 2.81. The van der Waals surface area contributed by atoms with E-state index < -0.39 is 5.97 Å². The first-order valence-electron chi connectivity index (χ1n) is 12.1. The lowest BCUT2D eigenvalue weighted by molar-refractivity contribution is -0.129. The Morgan fingerprint density at radius 3 is 2.58 bits per heavy atom. The van der Waals surface area contributed by atoms with Gasteiger partial charge in [-0.2, -0.15) is 0 Å². The van der Waals surface area contributed by atoms with Crippen LogP contribution in [0, 0.1) is 0 Å². The van der Waals surface area contributed by atoms with Crippen molar-refractivity contribution in [2.45, 2.75) is 13.8 Å². The molecule has 194 valence electrons. The number of benzene rings is 2. The second-order valence-corrected chi connectivity index (χ2v) is 9.17. The van der Waals surface area contributed by atoms with Gasteiger partial charge in [0.2, 0.25) is 5.90 Å². The monoisotopic (exact) mass is 574 g/mol. The molecule has 1 aromatic heterocycles. The maximum Gasteiger partial charge on any atom is 0.363 e. The van der Waals surface area contributed by atoms with Crippen LogP contribution in [-0.4, -0.2) is 42.5 Å². The number of nitrogens with one attached hydrogen (secondary N) is 1. The third-order valence-electron chi connectivity index (χ3n) is 5.75. The van der Waals surface area contributed by atoms with Crippen molar-refractivity contribution in [2.24, 2.45) is 4.99 Å². The Morgan fingerprint density at radius 2 is 1.89 bits per heavy atom. The van der Waals surface area contributed by atoms with E-state index in [1.807, 2.05) is 18.2 Å². The first-order chi connectivity index (χ1) is 18.4. The SMILES string of the molecule is C=CCOc1cc(N(CC)CC)ccc1C=C1N=C(c2ccc(NC(=O)c3cncc(Br)c3)cc2)OC1=O. The van der Waals surface area contributed by atoms with Gasteiger partial charge < -0.3 is 19.7 Å². The Labute approximate surface area is 229 Å². The number of pyridine rings is 1. The average molecular weight is 575 g/mol. The van der Waals surface area contributed by atoms with Crippen molar-refractivity contribution in [1.82, 2.24) is 4.98 Å². The summed E-state index contributed by atoms with van der Waals surface area (Å²) in [6.45, 7) is 9.96. The molecule has 0 aliphatic carbocycles. The molecule has 0 unspecified atom stereocenters. The topological polar surface area (TPSA) is 93.1 Å². The predicted molar refractivity (Wildman–Crippen MR) is 153 cm³/mol. The number of esters is 1. The van der Waals surface area contributed by atoms with E-state index in [0.29, 0.717) is 39.2 Å². The second-order valence-electron chi connectivity index (χ2n) is 8.25. The molecule has 0 fully saturated rings. The number of cyclic esters (lactones) is 1. The molecule has 8 nitrogen and oxygen atoms in total. The number of carbonyl (C=O) groups excluding carboxylic acids is 2. The van der Waals surface area contributed by atoms with E-state index in [4.69, 9.17) is 9.47 Å². The van der Waals surface area contributed by atoms with Gasteiger partial charge in [-0.1, -0.05) is 12.7 Å². The van der Waals surface area contributed by atoms with Crippen LogP contribution in [-0.2, 0) is 9.53 Å². The van der Waals surface area contributed by atoms with Crippen LogP contribution >= 0.6 is 15.9 Å². The summed E-state index contributed by atoms with van der Waals surface area (Å²) >= 11 is 3.31. The van der Waals surface area contributed by atoms with Crippen molar-refractivity contribution in [3.8, 4) is 5.75 Å². The molecule has 4 rings (SSSR count). The normalized spacial score (nSPS) is 13.6. The zero-order valence-corrected chi connectivity index (χ0v) is 22.7. The van der Waals surface area contributed by atoms with E-state index in [1.54, 1.807) is 48.7 Å². The molecular formula is C29H27BrN4O4. The Bertz CT molecular complexity index is 1410. The Kier molecular flexibility index (Phi) is 8.70. The number of aromatic nitrogens is 1. The van der Waals surface area contributed by atoms with Gasteiger partial charge in [-0.25, -0.2) is 9.79 Å². The molecule has 1 amide bonds. The summed E-state index contributed by atoms with van der Waals surface area (Å²) < 4.78 is 12.0. The van der Waals surface area contributed by atoms with Gasteiger partial charge in [0.05, 0.1) is 5.56 Å². The quantitative estimate of drug-likeness (QED) is 0.185. The Hall–Kier alpha value is -4.24. The van der Waals surface area contributed by atoms with Crippen LogP contribution in [0.4, 0.5) is 11.4 Å². The van der Waals surface area contributed by atoms with Crippen molar-refractivity contribution in [3.63, 3.8) is 0 Å². The molecule has 0 saturated heterocycles. The zero-order chi connectivity index (χ0) is 27.1. The summed E-state index contributed by atoms with van der Waals surface area (Å²) in [5.41, 5.74) is 3.51. The van der Waals surface area contributed by atoms with Gasteiger partial charge in [0.25, 0.3) is 5.91 Å². The number of hydrogen-bond donors (Lipinski definition) is 1. The number of rotatable bonds is 10. The van der Waals surface area contributed by atoms with E-state index in [0.717, 1.165) is 18.8 Å². The van der Waals surface area contributed by atoms with Crippen LogP contribution < -0.4 is 15.0 Å². The first-order valence-corrected chi connectivity index (χ1v) is 12.9. The zero-order valence-electron chi connectivity index (χ0n) is 21.1. The van der Waals surface area contributed by atoms with Crippen LogP contribution in [0.15, 0.2) is 88.7 Å². The van der Waals surface area contributed by atoms with E-state index in [-0.39, 0.29) is 17.5 Å². The Balaban J connectivity index is 1.54. The van der Waals surface area contributed by atoms with Crippen LogP contribution in [0.25, 0.3) is 6.08 Å². The molecule has 3 aromatic rings. The molecule has 1 aliphatic rings. The molecule has 0 spiro atoms. The molecule has 1 aliphatic heterocycles. The average Bonchev–Trinajstić information content (AvgIpc) is 3.29. The summed E-state index contributed by atoms with van der Waals surface area (Å²) in [6.07, 6.45) is 6.41. The van der Waals surface area contributed by atoms with Gasteiger partial charge in [-0.05, 0) is 78.3 Å². The van der Waals surface area contributed by atoms with Crippen molar-refractivity contribution in [3.05, 3.63) is 100 Å². The fourth-order valence-corrected chi connectivity index (χ4v) is 4.18. The second kappa shape index (κ2) is 12.3. The number of carbonyl (C=O) groups is 2. The summed E-state index contributed by atoms with van der Waals surface area (Å²) in [5.74, 6) is -0.0347. The van der Waals surface area contributed by atoms with Gasteiger partial charge in [-0.15, -0.1) is 0 Å². The number of amides is 1. The maximum atomic E-state index is 12.6. The number of hydrogen-bond acceptors (Lipinski definition) is 7. The summed E-state index contributed by atoms with van der Waals surface area (Å²) in [7, 11) is 0. The van der Waals surface area contributed by atoms with Crippen LogP contribution in [0.2, 0.25) is 0 Å². The van der Waals surface area contributed by atoms with Gasteiger partial charge in [0.1, 0.15) is 12.4 Å².